The predicted octanol–water partition coefficient (Wildman–Crippen LogP) is 1.86. The van der Waals surface area contributed by atoms with Crippen molar-refractivity contribution < 1.29 is 9.90 Å². The molecule has 0 amide bonds. The zero-order valence-corrected chi connectivity index (χ0v) is 10.00. The van der Waals surface area contributed by atoms with Gasteiger partial charge in [-0.25, -0.2) is 14.8 Å². The molecular formula is C10H11N3O2S. The van der Waals surface area contributed by atoms with Gasteiger partial charge < -0.3 is 9.67 Å². The van der Waals surface area contributed by atoms with Gasteiger partial charge in [-0.3, -0.25) is 0 Å². The van der Waals surface area contributed by atoms with Gasteiger partial charge in [-0.2, -0.15) is 0 Å². The van der Waals surface area contributed by atoms with Crippen LogP contribution in [0.3, 0.4) is 0 Å². The standard InChI is InChI=1S/C10H11N3O2S/c1-5-8(16-6(2)12-5)9-11-4-7(10(14)15)13(9)3/h4H,1-3H3,(H,14,15). The predicted molar refractivity (Wildman–Crippen MR) is 60.7 cm³/mol. The van der Waals surface area contributed by atoms with Gasteiger partial charge in [-0.1, -0.05) is 0 Å². The largest absolute Gasteiger partial charge is 0.477 e. The highest BCUT2D eigenvalue weighted by atomic mass is 32.1. The number of imidazole rings is 1. The van der Waals surface area contributed by atoms with Crippen LogP contribution in [0.5, 0.6) is 0 Å². The number of carboxylic acid groups (broad SMARTS) is 1. The summed E-state index contributed by atoms with van der Waals surface area (Å²) in [5.41, 5.74) is 1.06. The van der Waals surface area contributed by atoms with Crippen molar-refractivity contribution in [1.29, 1.82) is 0 Å². The number of carbonyl (C=O) groups is 1. The van der Waals surface area contributed by atoms with Crippen LogP contribution in [0.1, 0.15) is 21.2 Å². The third kappa shape index (κ3) is 1.61. The Kier molecular flexibility index (Phi) is 2.51. The number of nitrogens with zero attached hydrogens (tertiary/aromatic N) is 3. The van der Waals surface area contributed by atoms with E-state index in [9.17, 15) is 4.79 Å². The van der Waals surface area contributed by atoms with Crippen LogP contribution in [0, 0.1) is 13.8 Å². The van der Waals surface area contributed by atoms with Crippen molar-refractivity contribution in [2.75, 3.05) is 0 Å². The Morgan fingerprint density at radius 1 is 1.50 bits per heavy atom. The van der Waals surface area contributed by atoms with Gasteiger partial charge in [0.2, 0.25) is 0 Å². The van der Waals surface area contributed by atoms with Crippen molar-refractivity contribution in [3.05, 3.63) is 22.6 Å². The van der Waals surface area contributed by atoms with E-state index < -0.39 is 5.97 Å². The molecule has 0 radical (unpaired) electrons. The molecule has 0 fully saturated rings. The minimum atomic E-state index is -0.972. The number of rotatable bonds is 2. The molecule has 2 aromatic heterocycles. The van der Waals surface area contributed by atoms with Gasteiger partial charge in [0.1, 0.15) is 5.69 Å². The molecule has 0 aliphatic carbocycles. The highest BCUT2D eigenvalue weighted by molar-refractivity contribution is 7.15. The number of hydrogen-bond acceptors (Lipinski definition) is 4. The lowest BCUT2D eigenvalue weighted by atomic mass is 10.4. The lowest BCUT2D eigenvalue weighted by Gasteiger charge is -2.01. The Morgan fingerprint density at radius 2 is 2.19 bits per heavy atom. The van der Waals surface area contributed by atoms with E-state index in [-0.39, 0.29) is 5.69 Å². The highest BCUT2D eigenvalue weighted by Gasteiger charge is 2.17. The Labute approximate surface area is 96.4 Å². The smallest absolute Gasteiger partial charge is 0.354 e. The fourth-order valence-corrected chi connectivity index (χ4v) is 2.51. The van der Waals surface area contributed by atoms with Crippen LogP contribution in [0.25, 0.3) is 10.7 Å². The van der Waals surface area contributed by atoms with Crippen LogP contribution >= 0.6 is 11.3 Å². The second kappa shape index (κ2) is 3.71. The Balaban J connectivity index is 2.57. The van der Waals surface area contributed by atoms with Gasteiger partial charge in [0.15, 0.2) is 5.82 Å². The molecule has 16 heavy (non-hydrogen) atoms. The summed E-state index contributed by atoms with van der Waals surface area (Å²) in [6, 6.07) is 0. The van der Waals surface area contributed by atoms with Crippen molar-refractivity contribution in [1.82, 2.24) is 14.5 Å². The van der Waals surface area contributed by atoms with E-state index in [1.807, 2.05) is 13.8 Å². The van der Waals surface area contributed by atoms with Crippen molar-refractivity contribution in [2.45, 2.75) is 13.8 Å². The molecule has 2 heterocycles. The molecule has 0 atom stereocenters. The number of thiazole rings is 1. The summed E-state index contributed by atoms with van der Waals surface area (Å²) >= 11 is 1.52. The number of aromatic carboxylic acids is 1. The molecule has 6 heteroatoms. The minimum absolute atomic E-state index is 0.181. The summed E-state index contributed by atoms with van der Waals surface area (Å²) in [7, 11) is 1.69. The van der Waals surface area contributed by atoms with E-state index in [0.717, 1.165) is 15.6 Å². The van der Waals surface area contributed by atoms with Crippen molar-refractivity contribution in [3.8, 4) is 10.7 Å². The molecular weight excluding hydrogens is 226 g/mol. The topological polar surface area (TPSA) is 68.0 Å². The number of hydrogen-bond donors (Lipinski definition) is 1. The average molecular weight is 237 g/mol. The summed E-state index contributed by atoms with van der Waals surface area (Å²) in [5.74, 6) is -0.319. The maximum absolute atomic E-state index is 10.9. The number of carboxylic acids is 1. The molecule has 84 valence electrons. The zero-order valence-electron chi connectivity index (χ0n) is 9.18. The SMILES string of the molecule is Cc1nc(C)c(-c2ncc(C(=O)O)n2C)s1. The van der Waals surface area contributed by atoms with Crippen molar-refractivity contribution in [3.63, 3.8) is 0 Å². The van der Waals surface area contributed by atoms with Crippen LogP contribution in [-0.2, 0) is 7.05 Å². The molecule has 0 aromatic carbocycles. The minimum Gasteiger partial charge on any atom is -0.477 e. The maximum Gasteiger partial charge on any atom is 0.354 e. The van der Waals surface area contributed by atoms with Gasteiger partial charge in [-0.15, -0.1) is 11.3 Å². The van der Waals surface area contributed by atoms with Gasteiger partial charge in [-0.05, 0) is 13.8 Å². The molecule has 5 nitrogen and oxygen atoms in total. The molecule has 2 aromatic rings. The molecule has 0 saturated heterocycles. The number of aryl methyl sites for hydroxylation is 2. The first kappa shape index (κ1) is 10.8. The first-order valence-electron chi connectivity index (χ1n) is 4.70. The maximum atomic E-state index is 10.9. The summed E-state index contributed by atoms with van der Waals surface area (Å²) in [6.45, 7) is 3.82. The van der Waals surface area contributed by atoms with Crippen molar-refractivity contribution >= 4 is 17.3 Å². The first-order chi connectivity index (χ1) is 7.50. The fraction of sp³-hybridized carbons (Fsp3) is 0.300. The fourth-order valence-electron chi connectivity index (χ4n) is 1.56. The summed E-state index contributed by atoms with van der Waals surface area (Å²) in [5, 5.41) is 9.88. The third-order valence-electron chi connectivity index (χ3n) is 2.31. The van der Waals surface area contributed by atoms with E-state index >= 15 is 0 Å². The number of aromatic nitrogens is 3. The monoisotopic (exact) mass is 237 g/mol. The summed E-state index contributed by atoms with van der Waals surface area (Å²) in [4.78, 5) is 20.2. The van der Waals surface area contributed by atoms with E-state index in [0.29, 0.717) is 5.82 Å². The van der Waals surface area contributed by atoms with Crippen molar-refractivity contribution in [2.24, 2.45) is 7.05 Å². The van der Waals surface area contributed by atoms with Crippen LogP contribution in [0.2, 0.25) is 0 Å². The molecule has 2 rings (SSSR count). The first-order valence-corrected chi connectivity index (χ1v) is 5.51. The second-order valence-corrected chi connectivity index (χ2v) is 4.68. The zero-order chi connectivity index (χ0) is 11.9. The van der Waals surface area contributed by atoms with Gasteiger partial charge in [0.25, 0.3) is 0 Å². The Hall–Kier alpha value is -1.69. The van der Waals surface area contributed by atoms with E-state index in [4.69, 9.17) is 5.11 Å². The normalized spacial score (nSPS) is 10.7. The molecule has 0 bridgehead atoms. The Morgan fingerprint density at radius 3 is 2.62 bits per heavy atom. The average Bonchev–Trinajstić information content (AvgIpc) is 2.69. The molecule has 0 unspecified atom stereocenters. The van der Waals surface area contributed by atoms with E-state index in [1.54, 1.807) is 11.6 Å². The van der Waals surface area contributed by atoms with Gasteiger partial charge >= 0.3 is 5.97 Å². The molecule has 1 N–H and O–H groups in total. The molecule has 0 aliphatic rings. The van der Waals surface area contributed by atoms with Crippen LogP contribution < -0.4 is 0 Å². The third-order valence-corrected chi connectivity index (χ3v) is 3.38. The summed E-state index contributed by atoms with van der Waals surface area (Å²) in [6.07, 6.45) is 1.37. The Bertz CT molecular complexity index is 556. The molecule has 0 saturated carbocycles. The van der Waals surface area contributed by atoms with E-state index in [1.165, 1.54) is 17.5 Å². The summed E-state index contributed by atoms with van der Waals surface area (Å²) < 4.78 is 1.57. The quantitative estimate of drug-likeness (QED) is 0.865. The van der Waals surface area contributed by atoms with Gasteiger partial charge in [0.05, 0.1) is 21.8 Å². The van der Waals surface area contributed by atoms with Crippen LogP contribution in [-0.4, -0.2) is 25.6 Å². The second-order valence-electron chi connectivity index (χ2n) is 3.48. The lowest BCUT2D eigenvalue weighted by Crippen LogP contribution is -2.05. The molecule has 0 aliphatic heterocycles. The van der Waals surface area contributed by atoms with Crippen LogP contribution in [0.4, 0.5) is 0 Å². The van der Waals surface area contributed by atoms with Gasteiger partial charge in [0, 0.05) is 7.05 Å². The lowest BCUT2D eigenvalue weighted by molar-refractivity contribution is 0.0686. The van der Waals surface area contributed by atoms with Crippen LogP contribution in [0.15, 0.2) is 6.20 Å². The highest BCUT2D eigenvalue weighted by Crippen LogP contribution is 2.28. The van der Waals surface area contributed by atoms with E-state index in [2.05, 4.69) is 9.97 Å². The molecule has 0 spiro atoms.